The summed E-state index contributed by atoms with van der Waals surface area (Å²) in [4.78, 5) is 23.0. The lowest BCUT2D eigenvalue weighted by atomic mass is 10.1. The molecule has 27 heavy (non-hydrogen) atoms. The minimum absolute atomic E-state index is 0.0208. The van der Waals surface area contributed by atoms with Gasteiger partial charge in [0.15, 0.2) is 11.6 Å². The largest absolute Gasteiger partial charge is 0.324 e. The summed E-state index contributed by atoms with van der Waals surface area (Å²) < 4.78 is 26.4. The van der Waals surface area contributed by atoms with Gasteiger partial charge in [-0.2, -0.15) is 0 Å². The Labute approximate surface area is 154 Å². The molecule has 2 heterocycles. The molecule has 1 unspecified atom stereocenters. The second kappa shape index (κ2) is 6.75. The number of para-hydroxylation sites is 1. The van der Waals surface area contributed by atoms with Crippen molar-refractivity contribution in [3.8, 4) is 0 Å². The second-order valence-electron chi connectivity index (χ2n) is 6.38. The van der Waals surface area contributed by atoms with Crippen LogP contribution in [0.25, 0.3) is 0 Å². The number of rotatable bonds is 3. The van der Waals surface area contributed by atoms with Crippen molar-refractivity contribution in [2.24, 2.45) is 0 Å². The number of hydrogen-bond acceptors (Lipinski definition) is 4. The van der Waals surface area contributed by atoms with Gasteiger partial charge in [0, 0.05) is 29.7 Å². The lowest BCUT2D eigenvalue weighted by Crippen LogP contribution is -2.36. The van der Waals surface area contributed by atoms with Gasteiger partial charge in [-0.15, -0.1) is 0 Å². The van der Waals surface area contributed by atoms with Gasteiger partial charge >= 0.3 is 0 Å². The summed E-state index contributed by atoms with van der Waals surface area (Å²) in [6, 6.07) is 12.7. The van der Waals surface area contributed by atoms with Crippen molar-refractivity contribution in [2.45, 2.75) is 19.4 Å². The molecule has 0 spiro atoms. The van der Waals surface area contributed by atoms with Crippen LogP contribution < -0.4 is 10.2 Å². The van der Waals surface area contributed by atoms with Gasteiger partial charge in [0.25, 0.3) is 5.91 Å². The number of amides is 1. The minimum atomic E-state index is -0.977. The first-order valence-electron chi connectivity index (χ1n) is 8.49. The third kappa shape index (κ3) is 3.23. The van der Waals surface area contributed by atoms with Gasteiger partial charge in [-0.1, -0.05) is 18.2 Å². The third-order valence-electron chi connectivity index (χ3n) is 4.48. The van der Waals surface area contributed by atoms with Crippen LogP contribution in [0.15, 0.2) is 54.7 Å². The molecule has 0 fully saturated rings. The van der Waals surface area contributed by atoms with Crippen LogP contribution in [0.2, 0.25) is 0 Å². The molecule has 1 aliphatic rings. The predicted molar refractivity (Wildman–Crippen MR) is 98.1 cm³/mol. The lowest BCUT2D eigenvalue weighted by molar-refractivity contribution is 0.0976. The van der Waals surface area contributed by atoms with Crippen LogP contribution >= 0.6 is 0 Å². The van der Waals surface area contributed by atoms with Crippen molar-refractivity contribution in [1.82, 2.24) is 9.97 Å². The van der Waals surface area contributed by atoms with Crippen molar-refractivity contribution in [2.75, 3.05) is 10.2 Å². The fraction of sp³-hybridized carbons (Fsp3) is 0.150. The summed E-state index contributed by atoms with van der Waals surface area (Å²) in [6.45, 7) is 1.99. The van der Waals surface area contributed by atoms with Gasteiger partial charge < -0.3 is 10.2 Å². The highest BCUT2D eigenvalue weighted by Gasteiger charge is 2.31. The first kappa shape index (κ1) is 17.1. The maximum atomic E-state index is 13.4. The van der Waals surface area contributed by atoms with Crippen LogP contribution in [-0.4, -0.2) is 21.9 Å². The number of hydrogen-bond donors (Lipinski definition) is 1. The average molecular weight is 366 g/mol. The standard InChI is InChI=1S/C20H16F2N4O/c1-12-10-13-4-2-3-5-18(13)26(12)19(27)17-8-9-23-20(25-17)24-14-6-7-15(21)16(22)11-14/h2-9,11-12H,10H2,1H3,(H,23,24,25). The number of nitrogens with one attached hydrogen (secondary N) is 1. The minimum Gasteiger partial charge on any atom is -0.324 e. The number of aromatic nitrogens is 2. The zero-order valence-corrected chi connectivity index (χ0v) is 14.5. The summed E-state index contributed by atoms with van der Waals surface area (Å²) in [5, 5.41) is 2.79. The molecule has 4 rings (SSSR count). The summed E-state index contributed by atoms with van der Waals surface area (Å²) in [6.07, 6.45) is 2.24. The number of carbonyl (C=O) groups excluding carboxylic acids is 1. The molecular weight excluding hydrogens is 350 g/mol. The van der Waals surface area contributed by atoms with E-state index in [0.29, 0.717) is 5.69 Å². The van der Waals surface area contributed by atoms with Crippen molar-refractivity contribution in [3.63, 3.8) is 0 Å². The van der Waals surface area contributed by atoms with Crippen LogP contribution in [0.3, 0.4) is 0 Å². The van der Waals surface area contributed by atoms with Crippen molar-refractivity contribution >= 4 is 23.2 Å². The molecule has 7 heteroatoms. The molecule has 1 aromatic heterocycles. The molecule has 0 saturated heterocycles. The third-order valence-corrected chi connectivity index (χ3v) is 4.48. The average Bonchev–Trinajstić information content (AvgIpc) is 3.00. The van der Waals surface area contributed by atoms with Gasteiger partial charge in [0.2, 0.25) is 5.95 Å². The number of nitrogens with zero attached hydrogens (tertiary/aromatic N) is 3. The highest BCUT2D eigenvalue weighted by molar-refractivity contribution is 6.06. The highest BCUT2D eigenvalue weighted by atomic mass is 19.2. The van der Waals surface area contributed by atoms with Gasteiger partial charge in [0.1, 0.15) is 5.69 Å². The van der Waals surface area contributed by atoms with Crippen molar-refractivity contribution < 1.29 is 13.6 Å². The van der Waals surface area contributed by atoms with Gasteiger partial charge in [-0.05, 0) is 43.2 Å². The van der Waals surface area contributed by atoms with Crippen LogP contribution in [0, 0.1) is 11.6 Å². The number of fused-ring (bicyclic) bond motifs is 1. The summed E-state index contributed by atoms with van der Waals surface area (Å²) in [7, 11) is 0. The number of benzene rings is 2. The topological polar surface area (TPSA) is 58.1 Å². The molecule has 5 nitrogen and oxygen atoms in total. The zero-order chi connectivity index (χ0) is 19.0. The summed E-state index contributed by atoms with van der Waals surface area (Å²) in [5.41, 5.74) is 2.51. The molecule has 1 amide bonds. The van der Waals surface area contributed by atoms with Gasteiger partial charge in [-0.25, -0.2) is 18.7 Å². The molecular formula is C20H16F2N4O. The summed E-state index contributed by atoms with van der Waals surface area (Å²) >= 11 is 0. The highest BCUT2D eigenvalue weighted by Crippen LogP contribution is 2.32. The fourth-order valence-electron chi connectivity index (χ4n) is 3.24. The smallest absolute Gasteiger partial charge is 0.277 e. The molecule has 1 N–H and O–H groups in total. The van der Waals surface area contributed by atoms with Crippen LogP contribution in [0.5, 0.6) is 0 Å². The van der Waals surface area contributed by atoms with Gasteiger partial charge in [-0.3, -0.25) is 4.79 Å². The Morgan fingerprint density at radius 1 is 1.15 bits per heavy atom. The van der Waals surface area contributed by atoms with Crippen LogP contribution in [0.1, 0.15) is 23.0 Å². The molecule has 136 valence electrons. The molecule has 0 radical (unpaired) electrons. The van der Waals surface area contributed by atoms with E-state index >= 15 is 0 Å². The predicted octanol–water partition coefficient (Wildman–Crippen LogP) is 4.09. The molecule has 0 bridgehead atoms. The Bertz CT molecular complexity index is 1020. The fourth-order valence-corrected chi connectivity index (χ4v) is 3.24. The van der Waals surface area contributed by atoms with Crippen LogP contribution in [-0.2, 0) is 6.42 Å². The molecule has 2 aromatic carbocycles. The van der Waals surface area contributed by atoms with E-state index in [4.69, 9.17) is 0 Å². The Kier molecular flexibility index (Phi) is 4.27. The van der Waals surface area contributed by atoms with E-state index in [1.165, 1.54) is 18.3 Å². The van der Waals surface area contributed by atoms with E-state index in [9.17, 15) is 13.6 Å². The first-order valence-corrected chi connectivity index (χ1v) is 8.49. The van der Waals surface area contributed by atoms with E-state index in [2.05, 4.69) is 15.3 Å². The zero-order valence-electron chi connectivity index (χ0n) is 14.5. The van der Waals surface area contributed by atoms with Crippen LogP contribution in [0.4, 0.5) is 26.1 Å². The van der Waals surface area contributed by atoms with E-state index in [0.717, 1.165) is 29.8 Å². The number of carbonyl (C=O) groups is 1. The monoisotopic (exact) mass is 366 g/mol. The molecule has 1 aliphatic heterocycles. The molecule has 0 aliphatic carbocycles. The Morgan fingerprint density at radius 2 is 1.96 bits per heavy atom. The second-order valence-corrected chi connectivity index (χ2v) is 6.38. The maximum absolute atomic E-state index is 13.4. The molecule has 0 saturated carbocycles. The number of anilines is 3. The summed E-state index contributed by atoms with van der Waals surface area (Å²) in [5.74, 6) is -2.02. The van der Waals surface area contributed by atoms with Crippen molar-refractivity contribution in [1.29, 1.82) is 0 Å². The van der Waals surface area contributed by atoms with E-state index in [-0.39, 0.29) is 23.6 Å². The van der Waals surface area contributed by atoms with Crippen molar-refractivity contribution in [3.05, 3.63) is 77.6 Å². The maximum Gasteiger partial charge on any atom is 0.277 e. The van der Waals surface area contributed by atoms with E-state index in [1.54, 1.807) is 4.90 Å². The van der Waals surface area contributed by atoms with Gasteiger partial charge in [0.05, 0.1) is 0 Å². The lowest BCUT2D eigenvalue weighted by Gasteiger charge is -2.22. The molecule has 3 aromatic rings. The quantitative estimate of drug-likeness (QED) is 0.759. The Balaban J connectivity index is 1.60. The van der Waals surface area contributed by atoms with E-state index in [1.807, 2.05) is 31.2 Å². The molecule has 1 atom stereocenters. The number of halogens is 2. The SMILES string of the molecule is CC1Cc2ccccc2N1C(=O)c1ccnc(Nc2ccc(F)c(F)c2)n1. The van der Waals surface area contributed by atoms with E-state index < -0.39 is 11.6 Å². The normalized spacial score (nSPS) is 15.5. The Morgan fingerprint density at radius 3 is 2.78 bits per heavy atom. The Hall–Kier alpha value is -3.35. The first-order chi connectivity index (χ1) is 13.0.